The van der Waals surface area contributed by atoms with Gasteiger partial charge in [-0.25, -0.2) is 0 Å². The first-order valence-electron chi connectivity index (χ1n) is 5.07. The van der Waals surface area contributed by atoms with E-state index in [1.165, 1.54) is 12.8 Å². The van der Waals surface area contributed by atoms with E-state index in [1.54, 1.807) is 0 Å². The molecule has 13 heavy (non-hydrogen) atoms. The number of Topliss-reactive ketones (excluding diaryl/α,β-unsaturated/α-hetero) is 1. The van der Waals surface area contributed by atoms with Gasteiger partial charge in [-0.1, -0.05) is 0 Å². The van der Waals surface area contributed by atoms with Gasteiger partial charge >= 0.3 is 0 Å². The second-order valence-electron chi connectivity index (χ2n) is 4.08. The van der Waals surface area contributed by atoms with Gasteiger partial charge < -0.3 is 4.90 Å². The number of carbonyl (C=O) groups is 1. The van der Waals surface area contributed by atoms with Crippen LogP contribution in [0, 0.1) is 0 Å². The fourth-order valence-corrected chi connectivity index (χ4v) is 1.64. The monoisotopic (exact) mass is 184 g/mol. The van der Waals surface area contributed by atoms with Gasteiger partial charge in [0.1, 0.15) is 5.78 Å². The van der Waals surface area contributed by atoms with Crippen LogP contribution in [0.2, 0.25) is 0 Å². The molecule has 0 aromatic heterocycles. The van der Waals surface area contributed by atoms with Crippen LogP contribution in [0.15, 0.2) is 0 Å². The maximum Gasteiger partial charge on any atom is 0.148 e. The summed E-state index contributed by atoms with van der Waals surface area (Å²) in [5, 5.41) is 0. The molecule has 1 rings (SSSR count). The third-order valence-electron chi connectivity index (χ3n) is 2.44. The number of hydrogen-bond acceptors (Lipinski definition) is 3. The van der Waals surface area contributed by atoms with Gasteiger partial charge in [0.05, 0.1) is 6.54 Å². The summed E-state index contributed by atoms with van der Waals surface area (Å²) < 4.78 is 0. The number of rotatable bonds is 5. The first-order chi connectivity index (χ1) is 6.18. The van der Waals surface area contributed by atoms with Crippen molar-refractivity contribution in [3.8, 4) is 0 Å². The minimum Gasteiger partial charge on any atom is -0.309 e. The molecule has 3 nitrogen and oxygen atoms in total. The smallest absolute Gasteiger partial charge is 0.148 e. The molecule has 0 bridgehead atoms. The fourth-order valence-electron chi connectivity index (χ4n) is 1.64. The highest BCUT2D eigenvalue weighted by atomic mass is 16.1. The minimum absolute atomic E-state index is 0.410. The third kappa shape index (κ3) is 4.39. The molecule has 0 radical (unpaired) electrons. The normalized spacial score (nSPS) is 18.8. The second kappa shape index (κ2) is 5.35. The summed E-state index contributed by atoms with van der Waals surface area (Å²) in [5.41, 5.74) is 0. The Bertz CT molecular complexity index is 168. The van der Waals surface area contributed by atoms with Crippen molar-refractivity contribution in [2.45, 2.75) is 19.3 Å². The quantitative estimate of drug-likeness (QED) is 0.585. The highest BCUT2D eigenvalue weighted by Gasteiger charge is 2.17. The topological polar surface area (TPSA) is 23.6 Å². The molecule has 0 unspecified atom stereocenters. The summed E-state index contributed by atoms with van der Waals surface area (Å²) >= 11 is 0. The summed E-state index contributed by atoms with van der Waals surface area (Å²) in [6, 6.07) is 0. The Morgan fingerprint density at radius 3 is 2.69 bits per heavy atom. The minimum atomic E-state index is 0.410. The first kappa shape index (κ1) is 10.7. The van der Waals surface area contributed by atoms with E-state index in [0.717, 1.165) is 26.1 Å². The van der Waals surface area contributed by atoms with E-state index >= 15 is 0 Å². The lowest BCUT2D eigenvalue weighted by Gasteiger charge is -2.14. The molecule has 0 N–H and O–H groups in total. The predicted molar refractivity (Wildman–Crippen MR) is 53.9 cm³/mol. The van der Waals surface area contributed by atoms with Crippen LogP contribution >= 0.6 is 0 Å². The van der Waals surface area contributed by atoms with Crippen LogP contribution in [0.3, 0.4) is 0 Å². The zero-order chi connectivity index (χ0) is 9.68. The molecular weight excluding hydrogens is 164 g/mol. The van der Waals surface area contributed by atoms with E-state index in [1.807, 2.05) is 0 Å². The Morgan fingerprint density at radius 2 is 2.15 bits per heavy atom. The number of likely N-dealkylation sites (tertiary alicyclic amines) is 1. The Balaban J connectivity index is 1.97. The van der Waals surface area contributed by atoms with E-state index in [9.17, 15) is 4.79 Å². The lowest BCUT2D eigenvalue weighted by atomic mass is 10.3. The maximum atomic E-state index is 10.9. The average molecular weight is 184 g/mol. The van der Waals surface area contributed by atoms with Crippen LogP contribution < -0.4 is 0 Å². The zero-order valence-corrected chi connectivity index (χ0v) is 8.75. The van der Waals surface area contributed by atoms with Crippen LogP contribution in [0.25, 0.3) is 0 Å². The van der Waals surface area contributed by atoms with Crippen LogP contribution in [-0.2, 0) is 4.79 Å². The Hall–Kier alpha value is -0.410. The van der Waals surface area contributed by atoms with E-state index in [4.69, 9.17) is 0 Å². The number of carbonyl (C=O) groups excluding carboxylic acids is 1. The molecule has 1 fully saturated rings. The van der Waals surface area contributed by atoms with E-state index < -0.39 is 0 Å². The molecule has 76 valence electrons. The highest BCUT2D eigenvalue weighted by molar-refractivity contribution is 5.82. The van der Waals surface area contributed by atoms with Crippen molar-refractivity contribution in [2.24, 2.45) is 0 Å². The lowest BCUT2D eigenvalue weighted by molar-refractivity contribution is -0.116. The molecule has 1 aliphatic heterocycles. The molecule has 0 aromatic carbocycles. The van der Waals surface area contributed by atoms with Crippen LogP contribution in [-0.4, -0.2) is 55.9 Å². The zero-order valence-electron chi connectivity index (χ0n) is 8.75. The molecule has 1 aliphatic rings. The molecule has 0 atom stereocenters. The van der Waals surface area contributed by atoms with Gasteiger partial charge in [-0.2, -0.15) is 0 Å². The summed E-state index contributed by atoms with van der Waals surface area (Å²) in [6.45, 7) is 3.93. The standard InChI is InChI=1S/C10H20N2O/c1-11(2)6-3-4-7-12-8-5-10(13)9-12/h3-9H2,1-2H3. The van der Waals surface area contributed by atoms with Crippen molar-refractivity contribution >= 4 is 5.78 Å². The fraction of sp³-hybridized carbons (Fsp3) is 0.900. The third-order valence-corrected chi connectivity index (χ3v) is 2.44. The molecule has 0 amide bonds. The average Bonchev–Trinajstić information content (AvgIpc) is 2.45. The Labute approximate surface area is 80.7 Å². The second-order valence-corrected chi connectivity index (χ2v) is 4.08. The Kier molecular flexibility index (Phi) is 4.39. The van der Waals surface area contributed by atoms with Gasteiger partial charge in [-0.3, -0.25) is 9.69 Å². The molecule has 0 aliphatic carbocycles. The molecular formula is C10H20N2O. The van der Waals surface area contributed by atoms with Gasteiger partial charge in [0.2, 0.25) is 0 Å². The molecule has 1 heterocycles. The van der Waals surface area contributed by atoms with Crippen LogP contribution in [0.5, 0.6) is 0 Å². The van der Waals surface area contributed by atoms with E-state index in [-0.39, 0.29) is 0 Å². The first-order valence-corrected chi connectivity index (χ1v) is 5.07. The highest BCUT2D eigenvalue weighted by Crippen LogP contribution is 2.05. The van der Waals surface area contributed by atoms with Gasteiger partial charge in [-0.05, 0) is 40.0 Å². The van der Waals surface area contributed by atoms with Gasteiger partial charge in [0.15, 0.2) is 0 Å². The molecule has 0 aromatic rings. The van der Waals surface area contributed by atoms with Crippen molar-refractivity contribution in [1.29, 1.82) is 0 Å². The van der Waals surface area contributed by atoms with E-state index in [0.29, 0.717) is 12.3 Å². The number of hydrogen-bond donors (Lipinski definition) is 0. The Morgan fingerprint density at radius 1 is 1.38 bits per heavy atom. The molecule has 3 heteroatoms. The number of ketones is 1. The molecule has 1 saturated heterocycles. The van der Waals surface area contributed by atoms with Crippen LogP contribution in [0.4, 0.5) is 0 Å². The molecule has 0 saturated carbocycles. The van der Waals surface area contributed by atoms with Crippen molar-refractivity contribution in [2.75, 3.05) is 40.3 Å². The van der Waals surface area contributed by atoms with Crippen molar-refractivity contribution in [1.82, 2.24) is 9.80 Å². The summed E-state index contributed by atoms with van der Waals surface area (Å²) in [6.07, 6.45) is 3.22. The summed E-state index contributed by atoms with van der Waals surface area (Å²) in [4.78, 5) is 15.4. The predicted octanol–water partition coefficient (Wildman–Crippen LogP) is 0.603. The van der Waals surface area contributed by atoms with E-state index in [2.05, 4.69) is 23.9 Å². The maximum absolute atomic E-state index is 10.9. The summed E-state index contributed by atoms with van der Waals surface area (Å²) in [5.74, 6) is 0.410. The van der Waals surface area contributed by atoms with Gasteiger partial charge in [-0.15, -0.1) is 0 Å². The lowest BCUT2D eigenvalue weighted by Crippen LogP contribution is -2.23. The van der Waals surface area contributed by atoms with Crippen molar-refractivity contribution < 1.29 is 4.79 Å². The van der Waals surface area contributed by atoms with Gasteiger partial charge in [0, 0.05) is 13.0 Å². The van der Waals surface area contributed by atoms with Crippen LogP contribution in [0.1, 0.15) is 19.3 Å². The van der Waals surface area contributed by atoms with Crippen molar-refractivity contribution in [3.63, 3.8) is 0 Å². The van der Waals surface area contributed by atoms with Gasteiger partial charge in [0.25, 0.3) is 0 Å². The number of unbranched alkanes of at least 4 members (excludes halogenated alkanes) is 1. The SMILES string of the molecule is CN(C)CCCCN1CCC(=O)C1. The largest absolute Gasteiger partial charge is 0.309 e. The van der Waals surface area contributed by atoms with Crippen molar-refractivity contribution in [3.05, 3.63) is 0 Å². The molecule has 0 spiro atoms. The number of nitrogens with zero attached hydrogens (tertiary/aromatic N) is 2. The summed E-state index contributed by atoms with van der Waals surface area (Å²) in [7, 11) is 4.19.